The van der Waals surface area contributed by atoms with Gasteiger partial charge in [0.25, 0.3) is 0 Å². The molecule has 0 amide bonds. The largest absolute Gasteiger partial charge is 0.462 e. The Morgan fingerprint density at radius 3 is 2.00 bits per heavy atom. The third-order valence-corrected chi connectivity index (χ3v) is 3.72. The lowest BCUT2D eigenvalue weighted by atomic mass is 10.0. The molecule has 31 heavy (non-hydrogen) atoms. The minimum atomic E-state index is -0.634. The maximum atomic E-state index is 12.4. The monoisotopic (exact) mass is 426 g/mol. The fraction of sp³-hybridized carbons (Fsp3) is 0.217. The molecule has 0 atom stereocenters. The molecule has 0 aliphatic rings. The normalized spacial score (nSPS) is 10.5. The second-order valence-corrected chi connectivity index (χ2v) is 6.26. The number of carbonyl (C=O) groups is 4. The Morgan fingerprint density at radius 2 is 1.39 bits per heavy atom. The van der Waals surface area contributed by atoms with Crippen LogP contribution in [0.4, 0.5) is 0 Å². The lowest BCUT2D eigenvalue weighted by Gasteiger charge is -2.11. The quantitative estimate of drug-likeness (QED) is 0.374. The summed E-state index contributed by atoms with van der Waals surface area (Å²) >= 11 is 0. The van der Waals surface area contributed by atoms with Gasteiger partial charge in [-0.3, -0.25) is 14.4 Å². The lowest BCUT2D eigenvalue weighted by Crippen LogP contribution is -2.12. The van der Waals surface area contributed by atoms with Crippen molar-refractivity contribution in [2.24, 2.45) is 0 Å². The molecule has 0 aliphatic heterocycles. The maximum absolute atomic E-state index is 12.4. The maximum Gasteiger partial charge on any atom is 0.342 e. The first-order valence-electron chi connectivity index (χ1n) is 9.38. The van der Waals surface area contributed by atoms with Gasteiger partial charge < -0.3 is 18.9 Å². The van der Waals surface area contributed by atoms with Gasteiger partial charge in [-0.15, -0.1) is 0 Å². The molecular formula is C23H22O8. The van der Waals surface area contributed by atoms with E-state index in [-0.39, 0.29) is 29.4 Å². The van der Waals surface area contributed by atoms with Gasteiger partial charge in [-0.2, -0.15) is 0 Å². The number of hydrogen-bond donors (Lipinski definition) is 0. The predicted molar refractivity (Wildman–Crippen MR) is 112 cm³/mol. The fourth-order valence-corrected chi connectivity index (χ4v) is 2.64. The summed E-state index contributed by atoms with van der Waals surface area (Å²) in [7, 11) is 0. The van der Waals surface area contributed by atoms with E-state index in [2.05, 4.69) is 0 Å². The highest BCUT2D eigenvalue weighted by atomic mass is 16.6. The highest BCUT2D eigenvalue weighted by Crippen LogP contribution is 2.30. The van der Waals surface area contributed by atoms with Crippen LogP contribution in [0.5, 0.6) is 17.2 Å². The minimum Gasteiger partial charge on any atom is -0.462 e. The molecule has 8 heteroatoms. The molecule has 2 aromatic rings. The molecule has 0 spiro atoms. The number of hydrogen-bond acceptors (Lipinski definition) is 8. The molecule has 0 aliphatic carbocycles. The summed E-state index contributed by atoms with van der Waals surface area (Å²) in [5, 5.41) is 0. The summed E-state index contributed by atoms with van der Waals surface area (Å²) in [5.41, 5.74) is 1.16. The van der Waals surface area contributed by atoms with E-state index < -0.39 is 23.9 Å². The van der Waals surface area contributed by atoms with Gasteiger partial charge in [-0.1, -0.05) is 30.4 Å². The minimum absolute atomic E-state index is 0.0733. The van der Waals surface area contributed by atoms with Crippen molar-refractivity contribution >= 4 is 36.0 Å². The zero-order valence-electron chi connectivity index (χ0n) is 17.6. The second kappa shape index (κ2) is 10.7. The Morgan fingerprint density at radius 1 is 0.774 bits per heavy atom. The first-order valence-corrected chi connectivity index (χ1v) is 9.38. The van der Waals surface area contributed by atoms with E-state index in [1.165, 1.54) is 39.0 Å². The summed E-state index contributed by atoms with van der Waals surface area (Å²) < 4.78 is 20.4. The summed E-state index contributed by atoms with van der Waals surface area (Å²) in [6.45, 7) is 5.52. The molecule has 0 N–H and O–H groups in total. The van der Waals surface area contributed by atoms with Gasteiger partial charge in [0.05, 0.1) is 6.61 Å². The predicted octanol–water partition coefficient (Wildman–Crippen LogP) is 3.81. The number of benzene rings is 2. The average Bonchev–Trinajstić information content (AvgIpc) is 2.67. The van der Waals surface area contributed by atoms with Crippen molar-refractivity contribution in [2.45, 2.75) is 27.7 Å². The van der Waals surface area contributed by atoms with Crippen LogP contribution < -0.4 is 14.2 Å². The third-order valence-electron chi connectivity index (χ3n) is 3.72. The number of esters is 4. The summed E-state index contributed by atoms with van der Waals surface area (Å²) in [5.74, 6) is -2.08. The number of carbonyl (C=O) groups excluding carboxylic acids is 4. The van der Waals surface area contributed by atoms with E-state index in [9.17, 15) is 19.2 Å². The molecule has 0 bridgehead atoms. The summed E-state index contributed by atoms with van der Waals surface area (Å²) in [6, 6.07) is 9.43. The molecule has 162 valence electrons. The summed E-state index contributed by atoms with van der Waals surface area (Å²) in [6.07, 6.45) is 3.28. The van der Waals surface area contributed by atoms with E-state index in [0.717, 1.165) is 0 Å². The van der Waals surface area contributed by atoms with Crippen molar-refractivity contribution in [1.29, 1.82) is 0 Å². The highest BCUT2D eigenvalue weighted by Gasteiger charge is 2.19. The molecule has 0 heterocycles. The van der Waals surface area contributed by atoms with Gasteiger partial charge in [0.2, 0.25) is 0 Å². The van der Waals surface area contributed by atoms with Crippen LogP contribution in [0, 0.1) is 0 Å². The van der Waals surface area contributed by atoms with Gasteiger partial charge in [-0.05, 0) is 36.2 Å². The van der Waals surface area contributed by atoms with E-state index in [4.69, 9.17) is 18.9 Å². The van der Waals surface area contributed by atoms with Gasteiger partial charge in [0, 0.05) is 20.8 Å². The topological polar surface area (TPSA) is 105 Å². The Hall–Kier alpha value is -3.94. The van der Waals surface area contributed by atoms with Crippen LogP contribution in [-0.4, -0.2) is 30.5 Å². The van der Waals surface area contributed by atoms with E-state index >= 15 is 0 Å². The van der Waals surface area contributed by atoms with Crippen LogP contribution in [0.3, 0.4) is 0 Å². The Bertz CT molecular complexity index is 1040. The molecular weight excluding hydrogens is 404 g/mol. The van der Waals surface area contributed by atoms with Crippen LogP contribution >= 0.6 is 0 Å². The van der Waals surface area contributed by atoms with Crippen molar-refractivity contribution in [2.75, 3.05) is 6.61 Å². The third kappa shape index (κ3) is 6.81. The first kappa shape index (κ1) is 23.3. The molecule has 0 saturated heterocycles. The number of ether oxygens (including phenoxy) is 4. The van der Waals surface area contributed by atoms with Crippen LogP contribution in [0.2, 0.25) is 0 Å². The fourth-order valence-electron chi connectivity index (χ4n) is 2.64. The molecule has 0 unspecified atom stereocenters. The molecule has 0 radical (unpaired) electrons. The summed E-state index contributed by atoms with van der Waals surface area (Å²) in [4.78, 5) is 46.5. The van der Waals surface area contributed by atoms with E-state index in [0.29, 0.717) is 11.1 Å². The van der Waals surface area contributed by atoms with Gasteiger partial charge in [0.1, 0.15) is 11.3 Å². The Labute approximate surface area is 179 Å². The van der Waals surface area contributed by atoms with E-state index in [1.807, 2.05) is 0 Å². The van der Waals surface area contributed by atoms with Crippen molar-refractivity contribution in [3.63, 3.8) is 0 Å². The smallest absolute Gasteiger partial charge is 0.342 e. The van der Waals surface area contributed by atoms with Crippen LogP contribution in [0.15, 0.2) is 36.4 Å². The Kier molecular flexibility index (Phi) is 8.08. The molecule has 0 saturated carbocycles. The second-order valence-electron chi connectivity index (χ2n) is 6.26. The van der Waals surface area contributed by atoms with Crippen molar-refractivity contribution < 1.29 is 38.1 Å². The van der Waals surface area contributed by atoms with Gasteiger partial charge in [0.15, 0.2) is 11.5 Å². The lowest BCUT2D eigenvalue weighted by molar-refractivity contribution is -0.134. The van der Waals surface area contributed by atoms with Gasteiger partial charge >= 0.3 is 23.9 Å². The van der Waals surface area contributed by atoms with Gasteiger partial charge in [-0.25, -0.2) is 4.79 Å². The average molecular weight is 426 g/mol. The molecule has 0 fully saturated rings. The SMILES string of the molecule is CCOC(=O)c1c(/C=C/c2ccc(OC(C)=O)c(OC(C)=O)c2)cccc1OC(C)=O. The number of rotatable bonds is 7. The van der Waals surface area contributed by atoms with Crippen molar-refractivity contribution in [3.05, 3.63) is 53.1 Å². The zero-order chi connectivity index (χ0) is 23.0. The standard InChI is InChI=1S/C23H22O8/c1-5-28-23(27)22-18(7-6-8-20(22)30-15(3)25)11-9-17-10-12-19(29-14(2)24)21(13-17)31-16(4)26/h6-13H,5H2,1-4H3/b11-9+. The Balaban J connectivity index is 2.46. The molecule has 2 rings (SSSR count). The van der Waals surface area contributed by atoms with Crippen molar-refractivity contribution in [3.8, 4) is 17.2 Å². The van der Waals surface area contributed by atoms with E-state index in [1.54, 1.807) is 37.3 Å². The highest BCUT2D eigenvalue weighted by molar-refractivity contribution is 5.98. The molecule has 8 nitrogen and oxygen atoms in total. The van der Waals surface area contributed by atoms with Crippen LogP contribution in [-0.2, 0) is 19.1 Å². The van der Waals surface area contributed by atoms with Crippen LogP contribution in [0.1, 0.15) is 49.2 Å². The first-order chi connectivity index (χ1) is 14.7. The van der Waals surface area contributed by atoms with Crippen molar-refractivity contribution in [1.82, 2.24) is 0 Å². The molecule has 2 aromatic carbocycles. The van der Waals surface area contributed by atoms with Crippen LogP contribution in [0.25, 0.3) is 12.2 Å². The zero-order valence-corrected chi connectivity index (χ0v) is 17.6. The molecule has 0 aromatic heterocycles.